The second-order valence-corrected chi connectivity index (χ2v) is 9.92. The Labute approximate surface area is 201 Å². The van der Waals surface area contributed by atoms with Gasteiger partial charge in [0.1, 0.15) is 34.7 Å². The quantitative estimate of drug-likeness (QED) is 0.513. The highest BCUT2D eigenvalue weighted by Gasteiger charge is 2.55. The number of amides is 1. The Kier molecular flexibility index (Phi) is 4.98. The van der Waals surface area contributed by atoms with Gasteiger partial charge in [0.25, 0.3) is 0 Å². The van der Waals surface area contributed by atoms with Crippen LogP contribution < -0.4 is 9.47 Å². The van der Waals surface area contributed by atoms with Crippen molar-refractivity contribution in [2.24, 2.45) is 5.92 Å². The molecule has 1 amide bonds. The first-order valence-corrected chi connectivity index (χ1v) is 11.7. The van der Waals surface area contributed by atoms with Crippen LogP contribution in [0.4, 0.5) is 4.79 Å². The first-order chi connectivity index (χ1) is 16.3. The van der Waals surface area contributed by atoms with E-state index in [1.807, 2.05) is 38.2 Å². The Morgan fingerprint density at radius 1 is 1.21 bits per heavy atom. The van der Waals surface area contributed by atoms with Gasteiger partial charge < -0.3 is 28.4 Å². The number of hydrogen-bond donors (Lipinski definition) is 0. The van der Waals surface area contributed by atoms with Crippen LogP contribution in [0.1, 0.15) is 31.9 Å². The molecule has 178 valence electrons. The molecule has 0 radical (unpaired) electrons. The predicted octanol–water partition coefficient (Wildman–Crippen LogP) is 4.19. The van der Waals surface area contributed by atoms with Gasteiger partial charge in [0.15, 0.2) is 5.79 Å². The monoisotopic (exact) mass is 484 g/mol. The summed E-state index contributed by atoms with van der Waals surface area (Å²) in [7, 11) is 1.71. The first-order valence-electron chi connectivity index (χ1n) is 11.3. The summed E-state index contributed by atoms with van der Waals surface area (Å²) < 4.78 is 26.3. The molecule has 6 rings (SSSR count). The minimum Gasteiger partial charge on any atom is -0.493 e. The summed E-state index contributed by atoms with van der Waals surface area (Å²) in [5.41, 5.74) is 1.73. The topological polar surface area (TPSA) is 87.9 Å². The Morgan fingerprint density at radius 3 is 2.88 bits per heavy atom. The van der Waals surface area contributed by atoms with Gasteiger partial charge in [0.2, 0.25) is 0 Å². The Morgan fingerprint density at radius 2 is 2.03 bits per heavy atom. The highest BCUT2D eigenvalue weighted by atomic mass is 35.5. The molecule has 1 aliphatic carbocycles. The molecule has 1 aromatic carbocycles. The molecule has 1 saturated heterocycles. The molecule has 0 N–H and O–H groups in total. The van der Waals surface area contributed by atoms with E-state index < -0.39 is 5.79 Å². The van der Waals surface area contributed by atoms with Crippen LogP contribution in [0.3, 0.4) is 0 Å². The number of ether oxygens (including phenoxy) is 4. The van der Waals surface area contributed by atoms with Crippen molar-refractivity contribution >= 4 is 28.7 Å². The molecule has 4 heterocycles. The molecule has 9 nitrogen and oxygen atoms in total. The van der Waals surface area contributed by atoms with Gasteiger partial charge >= 0.3 is 6.09 Å². The number of carbonyl (C=O) groups is 1. The van der Waals surface area contributed by atoms with Gasteiger partial charge in [0, 0.05) is 30.8 Å². The Hall–Kier alpha value is -2.88. The smallest absolute Gasteiger partial charge is 0.415 e. The Balaban J connectivity index is 1.24. The molecule has 2 fully saturated rings. The molecular formula is C24H25ClN4O5. The van der Waals surface area contributed by atoms with Crippen LogP contribution in [0.2, 0.25) is 5.15 Å². The molecule has 3 aliphatic rings. The van der Waals surface area contributed by atoms with Crippen molar-refractivity contribution in [1.82, 2.24) is 19.4 Å². The van der Waals surface area contributed by atoms with Crippen LogP contribution in [0, 0.1) is 5.92 Å². The standard InChI is InChI=1S/C24H25ClN4O5/c1-24(2)33-19-14(11-31-15-5-4-13-10-28(3)23(30)32-18(13)9-15)8-17(20(19)34-24)29-7-6-16-21(25)26-12-27-22(16)29/h4-7,9,12,14,17,19-20H,8,10-11H2,1-3H3/t14-,17-,19-,20+/m1/s1. The van der Waals surface area contributed by atoms with Gasteiger partial charge in [0.05, 0.1) is 30.7 Å². The summed E-state index contributed by atoms with van der Waals surface area (Å²) in [6.45, 7) is 4.82. The summed E-state index contributed by atoms with van der Waals surface area (Å²) >= 11 is 6.27. The van der Waals surface area contributed by atoms with E-state index in [1.165, 1.54) is 11.2 Å². The maximum Gasteiger partial charge on any atom is 0.415 e. The zero-order chi connectivity index (χ0) is 23.6. The van der Waals surface area contributed by atoms with Crippen molar-refractivity contribution in [1.29, 1.82) is 0 Å². The SMILES string of the molecule is CN1Cc2ccc(OC[C@H]3C[C@@H](n4ccc5c(Cl)ncnc54)[C@@H]4OC(C)(C)O[C@H]34)cc2OC1=O. The number of rotatable bonds is 4. The fraction of sp³-hybridized carbons (Fsp3) is 0.458. The fourth-order valence-corrected chi connectivity index (χ4v) is 5.44. The van der Waals surface area contributed by atoms with Crippen molar-refractivity contribution in [3.8, 4) is 11.5 Å². The lowest BCUT2D eigenvalue weighted by Crippen LogP contribution is -2.33. The number of fused-ring (bicyclic) bond motifs is 3. The molecule has 34 heavy (non-hydrogen) atoms. The first kappa shape index (κ1) is 21.6. The number of carbonyl (C=O) groups excluding carboxylic acids is 1. The lowest BCUT2D eigenvalue weighted by atomic mass is 10.1. The minimum atomic E-state index is -0.687. The summed E-state index contributed by atoms with van der Waals surface area (Å²) in [5, 5.41) is 1.24. The van der Waals surface area contributed by atoms with Gasteiger partial charge in [-0.15, -0.1) is 0 Å². The van der Waals surface area contributed by atoms with E-state index in [1.54, 1.807) is 13.1 Å². The van der Waals surface area contributed by atoms with E-state index in [2.05, 4.69) is 14.5 Å². The second kappa shape index (κ2) is 7.83. The van der Waals surface area contributed by atoms with Crippen LogP contribution in [0.5, 0.6) is 11.5 Å². The second-order valence-electron chi connectivity index (χ2n) is 9.56. The van der Waals surface area contributed by atoms with Gasteiger partial charge in [-0.05, 0) is 38.5 Å². The lowest BCUT2D eigenvalue weighted by molar-refractivity contribution is -0.161. The molecule has 1 saturated carbocycles. The summed E-state index contributed by atoms with van der Waals surface area (Å²) in [6.07, 6.45) is 3.62. The number of halogens is 1. The average molecular weight is 485 g/mol. The molecule has 2 aliphatic heterocycles. The van der Waals surface area contributed by atoms with Crippen molar-refractivity contribution in [2.75, 3.05) is 13.7 Å². The highest BCUT2D eigenvalue weighted by Crippen LogP contribution is 2.48. The molecule has 0 bridgehead atoms. The van der Waals surface area contributed by atoms with E-state index in [0.29, 0.717) is 29.8 Å². The zero-order valence-electron chi connectivity index (χ0n) is 19.1. The van der Waals surface area contributed by atoms with E-state index in [4.69, 9.17) is 30.5 Å². The summed E-state index contributed by atoms with van der Waals surface area (Å²) in [4.78, 5) is 22.0. The van der Waals surface area contributed by atoms with Gasteiger partial charge in [-0.1, -0.05) is 11.6 Å². The third kappa shape index (κ3) is 3.59. The molecule has 0 spiro atoms. The van der Waals surface area contributed by atoms with E-state index in [9.17, 15) is 4.79 Å². The normalized spacial score (nSPS) is 27.5. The van der Waals surface area contributed by atoms with Crippen LogP contribution in [-0.2, 0) is 16.0 Å². The Bertz CT molecular complexity index is 1280. The molecular weight excluding hydrogens is 460 g/mol. The summed E-state index contributed by atoms with van der Waals surface area (Å²) in [6, 6.07) is 7.57. The summed E-state index contributed by atoms with van der Waals surface area (Å²) in [5.74, 6) is 0.602. The van der Waals surface area contributed by atoms with Crippen LogP contribution in [0.25, 0.3) is 11.0 Å². The third-order valence-corrected chi connectivity index (χ3v) is 7.09. The minimum absolute atomic E-state index is 0.0175. The maximum absolute atomic E-state index is 11.9. The van der Waals surface area contributed by atoms with Crippen LogP contribution in [-0.4, -0.2) is 57.2 Å². The predicted molar refractivity (Wildman–Crippen MR) is 123 cm³/mol. The maximum atomic E-state index is 11.9. The molecule has 10 heteroatoms. The third-order valence-electron chi connectivity index (χ3n) is 6.79. The fourth-order valence-electron chi connectivity index (χ4n) is 5.25. The average Bonchev–Trinajstić information content (AvgIpc) is 3.45. The van der Waals surface area contributed by atoms with Crippen molar-refractivity contribution < 1.29 is 23.7 Å². The van der Waals surface area contributed by atoms with Crippen LogP contribution in [0.15, 0.2) is 36.8 Å². The van der Waals surface area contributed by atoms with Crippen LogP contribution >= 0.6 is 11.6 Å². The van der Waals surface area contributed by atoms with Crippen molar-refractivity contribution in [2.45, 2.75) is 50.8 Å². The number of aromatic nitrogens is 3. The highest BCUT2D eigenvalue weighted by molar-refractivity contribution is 6.33. The van der Waals surface area contributed by atoms with E-state index in [0.717, 1.165) is 23.0 Å². The zero-order valence-corrected chi connectivity index (χ0v) is 19.9. The van der Waals surface area contributed by atoms with E-state index >= 15 is 0 Å². The molecule has 4 atom stereocenters. The number of nitrogens with zero attached hydrogens (tertiary/aromatic N) is 4. The van der Waals surface area contributed by atoms with Gasteiger partial charge in [-0.2, -0.15) is 0 Å². The number of hydrogen-bond acceptors (Lipinski definition) is 7. The van der Waals surface area contributed by atoms with Gasteiger partial charge in [-0.3, -0.25) is 0 Å². The van der Waals surface area contributed by atoms with Gasteiger partial charge in [-0.25, -0.2) is 14.8 Å². The molecule has 0 unspecified atom stereocenters. The van der Waals surface area contributed by atoms with E-state index in [-0.39, 0.29) is 30.3 Å². The molecule has 2 aromatic heterocycles. The van der Waals surface area contributed by atoms with Crippen molar-refractivity contribution in [3.63, 3.8) is 0 Å². The lowest BCUT2D eigenvalue weighted by Gasteiger charge is -2.25. The number of benzene rings is 1. The molecule has 3 aromatic rings. The largest absolute Gasteiger partial charge is 0.493 e. The van der Waals surface area contributed by atoms with Crippen molar-refractivity contribution in [3.05, 3.63) is 47.5 Å².